The van der Waals surface area contributed by atoms with Crippen molar-refractivity contribution in [2.75, 3.05) is 6.54 Å². The topological polar surface area (TPSA) is 25.2 Å². The van der Waals surface area contributed by atoms with Crippen LogP contribution in [0.15, 0.2) is 41.5 Å². The third-order valence-corrected chi connectivity index (χ3v) is 1.90. The fraction of sp³-hybridized carbons (Fsp3) is 0.200. The summed E-state index contributed by atoms with van der Waals surface area (Å²) in [5, 5.41) is 0. The van der Waals surface area contributed by atoms with Crippen molar-refractivity contribution in [1.29, 1.82) is 0 Å². The third kappa shape index (κ3) is 1.42. The van der Waals surface area contributed by atoms with Gasteiger partial charge >= 0.3 is 0 Å². The largest absolute Gasteiger partial charge is 0.292 e. The van der Waals surface area contributed by atoms with Crippen molar-refractivity contribution in [3.8, 4) is 0 Å². The Kier molecular flexibility index (Phi) is 1.99. The van der Waals surface area contributed by atoms with Crippen molar-refractivity contribution >= 4 is 6.21 Å². The second kappa shape index (κ2) is 3.30. The molecule has 2 heterocycles. The highest BCUT2D eigenvalue weighted by molar-refractivity contribution is 5.72. The highest BCUT2D eigenvalue weighted by Crippen LogP contribution is 2.16. The van der Waals surface area contributed by atoms with Crippen molar-refractivity contribution in [1.82, 2.24) is 4.98 Å². The molecule has 0 N–H and O–H groups in total. The van der Waals surface area contributed by atoms with Crippen LogP contribution in [-0.2, 0) is 0 Å². The van der Waals surface area contributed by atoms with Crippen molar-refractivity contribution in [2.45, 2.75) is 5.92 Å². The van der Waals surface area contributed by atoms with Gasteiger partial charge < -0.3 is 0 Å². The first-order valence-corrected chi connectivity index (χ1v) is 4.04. The first-order valence-electron chi connectivity index (χ1n) is 4.04. The van der Waals surface area contributed by atoms with E-state index < -0.39 is 0 Å². The van der Waals surface area contributed by atoms with Crippen molar-refractivity contribution in [3.63, 3.8) is 0 Å². The second-order valence-electron chi connectivity index (χ2n) is 2.76. The first-order chi connectivity index (χ1) is 5.97. The Labute approximate surface area is 71.7 Å². The molecule has 1 aliphatic rings. The molecular weight excluding hydrogens is 148 g/mol. The van der Waals surface area contributed by atoms with E-state index in [0.717, 1.165) is 12.2 Å². The van der Waals surface area contributed by atoms with E-state index in [1.54, 1.807) is 0 Å². The van der Waals surface area contributed by atoms with E-state index in [0.29, 0.717) is 5.92 Å². The Balaban J connectivity index is 2.21. The third-order valence-electron chi connectivity index (χ3n) is 1.90. The fourth-order valence-electron chi connectivity index (χ4n) is 1.27. The number of allylic oxidation sites excluding steroid dienone is 1. The molecule has 0 fully saturated rings. The van der Waals surface area contributed by atoms with Crippen LogP contribution in [0.25, 0.3) is 0 Å². The summed E-state index contributed by atoms with van der Waals surface area (Å²) < 4.78 is 0. The van der Waals surface area contributed by atoms with Crippen LogP contribution in [0, 0.1) is 0 Å². The molecule has 0 bridgehead atoms. The summed E-state index contributed by atoms with van der Waals surface area (Å²) >= 11 is 0. The Hall–Kier alpha value is -1.44. The number of aromatic nitrogens is 1. The molecule has 1 aromatic rings. The molecule has 2 nitrogen and oxygen atoms in total. The molecule has 2 rings (SSSR count). The van der Waals surface area contributed by atoms with Gasteiger partial charge in [0.25, 0.3) is 0 Å². The zero-order valence-electron chi connectivity index (χ0n) is 6.72. The smallest absolute Gasteiger partial charge is 0.0508 e. The number of hydrogen-bond donors (Lipinski definition) is 0. The Morgan fingerprint density at radius 2 is 2.33 bits per heavy atom. The van der Waals surface area contributed by atoms with Gasteiger partial charge in [0.1, 0.15) is 0 Å². The van der Waals surface area contributed by atoms with Crippen LogP contribution in [0.3, 0.4) is 0 Å². The zero-order valence-corrected chi connectivity index (χ0v) is 6.72. The Bertz CT molecular complexity index is 301. The molecule has 1 aliphatic heterocycles. The number of hydrogen-bond acceptors (Lipinski definition) is 2. The lowest BCUT2D eigenvalue weighted by Gasteiger charge is -2.10. The molecule has 60 valence electrons. The fourth-order valence-corrected chi connectivity index (χ4v) is 1.27. The lowest BCUT2D eigenvalue weighted by Crippen LogP contribution is -2.04. The molecule has 2 heteroatoms. The van der Waals surface area contributed by atoms with Gasteiger partial charge in [-0.05, 0) is 18.2 Å². The molecule has 0 radical (unpaired) electrons. The predicted molar refractivity (Wildman–Crippen MR) is 49.5 cm³/mol. The van der Waals surface area contributed by atoms with E-state index in [-0.39, 0.29) is 0 Å². The lowest BCUT2D eigenvalue weighted by molar-refractivity contribution is 0.811. The van der Waals surface area contributed by atoms with Crippen LogP contribution >= 0.6 is 0 Å². The molecule has 0 aliphatic carbocycles. The highest BCUT2D eigenvalue weighted by Gasteiger charge is 2.08. The average molecular weight is 158 g/mol. The van der Waals surface area contributed by atoms with Gasteiger partial charge in [-0.3, -0.25) is 9.98 Å². The zero-order chi connectivity index (χ0) is 8.23. The first kappa shape index (κ1) is 7.22. The van der Waals surface area contributed by atoms with Gasteiger partial charge in [-0.1, -0.05) is 12.1 Å². The SMILES string of the molecule is C1=CC(c2ccccn2)CN=C1. The quantitative estimate of drug-likeness (QED) is 0.611. The summed E-state index contributed by atoms with van der Waals surface area (Å²) in [4.78, 5) is 8.46. The summed E-state index contributed by atoms with van der Waals surface area (Å²) in [6, 6.07) is 5.98. The molecule has 1 unspecified atom stereocenters. The Morgan fingerprint density at radius 1 is 1.33 bits per heavy atom. The van der Waals surface area contributed by atoms with Gasteiger partial charge in [-0.15, -0.1) is 0 Å². The maximum absolute atomic E-state index is 4.28. The van der Waals surface area contributed by atoms with E-state index >= 15 is 0 Å². The monoisotopic (exact) mass is 158 g/mol. The normalized spacial score (nSPS) is 21.2. The molecule has 1 atom stereocenters. The lowest BCUT2D eigenvalue weighted by atomic mass is 10.0. The summed E-state index contributed by atoms with van der Waals surface area (Å²) in [6.07, 6.45) is 7.76. The Morgan fingerprint density at radius 3 is 3.00 bits per heavy atom. The van der Waals surface area contributed by atoms with Crippen LogP contribution in [0.4, 0.5) is 0 Å². The maximum atomic E-state index is 4.28. The molecule has 12 heavy (non-hydrogen) atoms. The van der Waals surface area contributed by atoms with Gasteiger partial charge in [0.05, 0.1) is 6.54 Å². The van der Waals surface area contributed by atoms with Crippen molar-refractivity contribution < 1.29 is 0 Å². The van der Waals surface area contributed by atoms with Crippen molar-refractivity contribution in [2.24, 2.45) is 4.99 Å². The van der Waals surface area contributed by atoms with E-state index in [9.17, 15) is 0 Å². The molecule has 0 spiro atoms. The summed E-state index contributed by atoms with van der Waals surface area (Å²) in [7, 11) is 0. The molecule has 0 saturated carbocycles. The van der Waals surface area contributed by atoms with Crippen LogP contribution in [-0.4, -0.2) is 17.7 Å². The average Bonchev–Trinajstić information content (AvgIpc) is 2.21. The molecule has 1 aromatic heterocycles. The van der Waals surface area contributed by atoms with Crippen molar-refractivity contribution in [3.05, 3.63) is 42.2 Å². The van der Waals surface area contributed by atoms with Crippen LogP contribution in [0.1, 0.15) is 11.6 Å². The number of aliphatic imine (C=N–C) groups is 1. The van der Waals surface area contributed by atoms with Gasteiger partial charge in [0, 0.05) is 24.0 Å². The molecule has 0 amide bonds. The van der Waals surface area contributed by atoms with Gasteiger partial charge in [0.15, 0.2) is 0 Å². The van der Waals surface area contributed by atoms with Crippen LogP contribution < -0.4 is 0 Å². The van der Waals surface area contributed by atoms with Gasteiger partial charge in [0.2, 0.25) is 0 Å². The molecule has 0 aromatic carbocycles. The van der Waals surface area contributed by atoms with Gasteiger partial charge in [-0.2, -0.15) is 0 Å². The number of nitrogens with zero attached hydrogens (tertiary/aromatic N) is 2. The minimum absolute atomic E-state index is 0.371. The predicted octanol–water partition coefficient (Wildman–Crippen LogP) is 1.81. The van der Waals surface area contributed by atoms with E-state index in [1.165, 1.54) is 0 Å². The number of pyridine rings is 1. The maximum Gasteiger partial charge on any atom is 0.0508 e. The minimum atomic E-state index is 0.371. The standard InChI is InChI=1S/C10H10N2/c1-2-7-12-10(5-1)9-4-3-6-11-8-9/h1-7,9H,8H2. The van der Waals surface area contributed by atoms with Gasteiger partial charge in [-0.25, -0.2) is 0 Å². The second-order valence-corrected chi connectivity index (χ2v) is 2.76. The number of rotatable bonds is 1. The van der Waals surface area contributed by atoms with E-state index in [1.807, 2.05) is 36.7 Å². The summed E-state index contributed by atoms with van der Waals surface area (Å²) in [6.45, 7) is 0.827. The molecule has 0 saturated heterocycles. The summed E-state index contributed by atoms with van der Waals surface area (Å²) in [5.41, 5.74) is 1.10. The van der Waals surface area contributed by atoms with E-state index in [2.05, 4.69) is 16.1 Å². The number of dihydropyridines is 1. The van der Waals surface area contributed by atoms with Crippen LogP contribution in [0.5, 0.6) is 0 Å². The molecular formula is C10H10N2. The van der Waals surface area contributed by atoms with Crippen LogP contribution in [0.2, 0.25) is 0 Å². The van der Waals surface area contributed by atoms with E-state index in [4.69, 9.17) is 0 Å². The highest BCUT2D eigenvalue weighted by atomic mass is 14.8. The summed E-state index contributed by atoms with van der Waals surface area (Å²) in [5.74, 6) is 0.371. The minimum Gasteiger partial charge on any atom is -0.292 e.